The summed E-state index contributed by atoms with van der Waals surface area (Å²) in [7, 11) is 0. The molecule has 0 saturated heterocycles. The molecule has 1 aromatic carbocycles. The van der Waals surface area contributed by atoms with E-state index in [1.54, 1.807) is 0 Å². The van der Waals surface area contributed by atoms with Crippen LogP contribution in [0.25, 0.3) is 11.0 Å². The Morgan fingerprint density at radius 3 is 3.05 bits per heavy atom. The van der Waals surface area contributed by atoms with Crippen LogP contribution in [0, 0.1) is 6.92 Å². The fourth-order valence-electron chi connectivity index (χ4n) is 1.86. The molecule has 102 valence electrons. The number of hydrogen-bond donors (Lipinski definition) is 1. The Morgan fingerprint density at radius 1 is 1.45 bits per heavy atom. The Hall–Kier alpha value is -1.11. The third-order valence-electron chi connectivity index (χ3n) is 2.83. The number of aryl methyl sites for hydroxylation is 1. The number of rotatable bonds is 4. The number of Topliss-reactive ketones (excluding diaryl/α,β-unsaturated/α-hetero) is 1. The van der Waals surface area contributed by atoms with Gasteiger partial charge < -0.3 is 4.98 Å². The molecule has 0 bridgehead atoms. The lowest BCUT2D eigenvalue weighted by atomic mass is 10.2. The SMILES string of the molecule is Cc1ccc2nc(SCC(=O)c3sccc3Br)[nH]c2c1. The van der Waals surface area contributed by atoms with Crippen molar-refractivity contribution in [1.82, 2.24) is 9.97 Å². The lowest BCUT2D eigenvalue weighted by Gasteiger charge is -1.96. The lowest BCUT2D eigenvalue weighted by molar-refractivity contribution is 0.102. The number of imidazole rings is 1. The number of H-pyrrole nitrogens is 1. The van der Waals surface area contributed by atoms with Crippen molar-refractivity contribution in [2.75, 3.05) is 5.75 Å². The van der Waals surface area contributed by atoms with Gasteiger partial charge in [-0.2, -0.15) is 0 Å². The van der Waals surface area contributed by atoms with Crippen LogP contribution in [0.5, 0.6) is 0 Å². The van der Waals surface area contributed by atoms with Crippen molar-refractivity contribution < 1.29 is 4.79 Å². The largest absolute Gasteiger partial charge is 0.333 e. The number of ketones is 1. The first-order valence-corrected chi connectivity index (χ1v) is 8.64. The van der Waals surface area contributed by atoms with Crippen LogP contribution in [0.1, 0.15) is 15.2 Å². The summed E-state index contributed by atoms with van der Waals surface area (Å²) < 4.78 is 0.869. The summed E-state index contributed by atoms with van der Waals surface area (Å²) in [5, 5.41) is 2.69. The van der Waals surface area contributed by atoms with E-state index in [-0.39, 0.29) is 5.78 Å². The van der Waals surface area contributed by atoms with E-state index < -0.39 is 0 Å². The van der Waals surface area contributed by atoms with Crippen LogP contribution in [-0.4, -0.2) is 21.5 Å². The second-order valence-corrected chi connectivity index (χ2v) is 7.11. The number of nitrogens with zero attached hydrogens (tertiary/aromatic N) is 1. The normalized spacial score (nSPS) is 11.1. The number of aromatic amines is 1. The number of carbonyl (C=O) groups is 1. The molecule has 2 heterocycles. The maximum absolute atomic E-state index is 12.1. The van der Waals surface area contributed by atoms with Gasteiger partial charge in [-0.3, -0.25) is 4.79 Å². The van der Waals surface area contributed by atoms with E-state index in [2.05, 4.69) is 32.0 Å². The molecule has 0 radical (unpaired) electrons. The van der Waals surface area contributed by atoms with Crippen LogP contribution in [-0.2, 0) is 0 Å². The van der Waals surface area contributed by atoms with E-state index in [0.717, 1.165) is 25.5 Å². The van der Waals surface area contributed by atoms with Crippen LogP contribution >= 0.6 is 39.0 Å². The molecule has 0 fully saturated rings. The van der Waals surface area contributed by atoms with Crippen molar-refractivity contribution >= 4 is 55.8 Å². The molecular formula is C14H11BrN2OS2. The zero-order chi connectivity index (χ0) is 14.1. The van der Waals surface area contributed by atoms with Crippen molar-refractivity contribution in [1.29, 1.82) is 0 Å². The summed E-state index contributed by atoms with van der Waals surface area (Å²) in [6.45, 7) is 2.05. The molecule has 0 aliphatic heterocycles. The van der Waals surface area contributed by atoms with Crippen LogP contribution < -0.4 is 0 Å². The number of thioether (sulfide) groups is 1. The molecule has 3 rings (SSSR count). The van der Waals surface area contributed by atoms with Crippen molar-refractivity contribution in [3.05, 3.63) is 44.6 Å². The van der Waals surface area contributed by atoms with Gasteiger partial charge in [-0.25, -0.2) is 4.98 Å². The quantitative estimate of drug-likeness (QED) is 0.538. The Balaban J connectivity index is 1.74. The van der Waals surface area contributed by atoms with Crippen LogP contribution in [0.2, 0.25) is 0 Å². The Labute approximate surface area is 132 Å². The highest BCUT2D eigenvalue weighted by Crippen LogP contribution is 2.26. The maximum atomic E-state index is 12.1. The molecule has 3 nitrogen and oxygen atoms in total. The molecular weight excluding hydrogens is 356 g/mol. The standard InChI is InChI=1S/C14H11BrN2OS2/c1-8-2-3-10-11(6-8)17-14(16-10)20-7-12(18)13-9(15)4-5-19-13/h2-6H,7H2,1H3,(H,16,17). The van der Waals surface area contributed by atoms with Crippen LogP contribution in [0.15, 0.2) is 39.3 Å². The number of aromatic nitrogens is 2. The van der Waals surface area contributed by atoms with E-state index >= 15 is 0 Å². The van der Waals surface area contributed by atoms with Crippen molar-refractivity contribution in [2.45, 2.75) is 12.1 Å². The Morgan fingerprint density at radius 2 is 2.30 bits per heavy atom. The van der Waals surface area contributed by atoms with Gasteiger partial charge in [-0.15, -0.1) is 11.3 Å². The van der Waals surface area contributed by atoms with Crippen molar-refractivity contribution in [2.24, 2.45) is 0 Å². The predicted molar refractivity (Wildman–Crippen MR) is 87.9 cm³/mol. The number of carbonyl (C=O) groups excluding carboxylic acids is 1. The fourth-order valence-corrected chi connectivity index (χ4v) is 4.24. The number of halogens is 1. The fraction of sp³-hybridized carbons (Fsp3) is 0.143. The van der Waals surface area contributed by atoms with E-state index in [4.69, 9.17) is 0 Å². The number of hydrogen-bond acceptors (Lipinski definition) is 4. The average molecular weight is 367 g/mol. The molecule has 1 N–H and O–H groups in total. The second kappa shape index (κ2) is 5.71. The van der Waals surface area contributed by atoms with Gasteiger partial charge in [0.05, 0.1) is 21.7 Å². The number of nitrogens with one attached hydrogen (secondary N) is 1. The first-order chi connectivity index (χ1) is 9.63. The number of fused-ring (bicyclic) bond motifs is 1. The minimum atomic E-state index is 0.119. The van der Waals surface area contributed by atoms with Crippen molar-refractivity contribution in [3.8, 4) is 0 Å². The topological polar surface area (TPSA) is 45.8 Å². The first kappa shape index (κ1) is 13.9. The van der Waals surface area contributed by atoms with Gasteiger partial charge in [0.25, 0.3) is 0 Å². The third-order valence-corrected chi connectivity index (χ3v) is 5.58. The molecule has 0 spiro atoms. The first-order valence-electron chi connectivity index (χ1n) is 5.99. The van der Waals surface area contributed by atoms with E-state index in [0.29, 0.717) is 5.75 Å². The van der Waals surface area contributed by atoms with Gasteiger partial charge in [-0.1, -0.05) is 17.8 Å². The number of benzene rings is 1. The molecule has 2 aromatic heterocycles. The molecule has 0 unspecified atom stereocenters. The summed E-state index contributed by atoms with van der Waals surface area (Å²) in [5.74, 6) is 0.506. The van der Waals surface area contributed by atoms with Crippen LogP contribution in [0.3, 0.4) is 0 Å². The van der Waals surface area contributed by atoms with Crippen LogP contribution in [0.4, 0.5) is 0 Å². The third kappa shape index (κ3) is 2.82. The Kier molecular flexibility index (Phi) is 3.96. The lowest BCUT2D eigenvalue weighted by Crippen LogP contribution is -2.00. The molecule has 3 aromatic rings. The van der Waals surface area contributed by atoms with Gasteiger partial charge in [-0.05, 0) is 52.0 Å². The highest BCUT2D eigenvalue weighted by atomic mass is 79.9. The molecule has 0 aliphatic rings. The summed E-state index contributed by atoms with van der Waals surface area (Å²) in [5.41, 5.74) is 3.14. The summed E-state index contributed by atoms with van der Waals surface area (Å²) in [4.78, 5) is 20.6. The number of thiophene rings is 1. The Bertz CT molecular complexity index is 778. The molecule has 0 aliphatic carbocycles. The summed E-state index contributed by atoms with van der Waals surface area (Å²) in [6.07, 6.45) is 0. The van der Waals surface area contributed by atoms with Gasteiger partial charge in [0.1, 0.15) is 0 Å². The van der Waals surface area contributed by atoms with Gasteiger partial charge in [0.15, 0.2) is 10.9 Å². The van der Waals surface area contributed by atoms with Crippen molar-refractivity contribution in [3.63, 3.8) is 0 Å². The smallest absolute Gasteiger partial charge is 0.184 e. The van der Waals surface area contributed by atoms with E-state index in [1.165, 1.54) is 28.7 Å². The molecule has 6 heteroatoms. The van der Waals surface area contributed by atoms with E-state index in [1.807, 2.05) is 30.5 Å². The average Bonchev–Trinajstić information content (AvgIpc) is 3.01. The minimum Gasteiger partial charge on any atom is -0.333 e. The minimum absolute atomic E-state index is 0.119. The van der Waals surface area contributed by atoms with E-state index in [9.17, 15) is 4.79 Å². The zero-order valence-electron chi connectivity index (χ0n) is 10.6. The molecule has 0 amide bonds. The second-order valence-electron chi connectivity index (χ2n) is 4.37. The highest BCUT2D eigenvalue weighted by molar-refractivity contribution is 9.10. The predicted octanol–water partition coefficient (Wildman–Crippen LogP) is 4.67. The zero-order valence-corrected chi connectivity index (χ0v) is 13.9. The summed E-state index contributed by atoms with van der Waals surface area (Å²) in [6, 6.07) is 7.98. The monoisotopic (exact) mass is 366 g/mol. The molecule has 20 heavy (non-hydrogen) atoms. The van der Waals surface area contributed by atoms with Gasteiger partial charge in [0, 0.05) is 4.47 Å². The summed E-state index contributed by atoms with van der Waals surface area (Å²) >= 11 is 6.28. The van der Waals surface area contributed by atoms with Gasteiger partial charge >= 0.3 is 0 Å². The maximum Gasteiger partial charge on any atom is 0.184 e. The molecule has 0 saturated carbocycles. The molecule has 0 atom stereocenters. The van der Waals surface area contributed by atoms with Gasteiger partial charge in [0.2, 0.25) is 0 Å². The highest BCUT2D eigenvalue weighted by Gasteiger charge is 2.13.